The van der Waals surface area contributed by atoms with Crippen molar-refractivity contribution in [2.75, 3.05) is 30.9 Å². The first kappa shape index (κ1) is 16.5. The smallest absolute Gasteiger partial charge is 0.340 e. The van der Waals surface area contributed by atoms with Crippen LogP contribution in [-0.2, 0) is 4.74 Å². The number of hydrogen-bond donors (Lipinski definition) is 1. The van der Waals surface area contributed by atoms with Crippen molar-refractivity contribution < 1.29 is 14.3 Å². The second-order valence-electron chi connectivity index (χ2n) is 5.16. The second kappa shape index (κ2) is 7.45. The minimum Gasteiger partial charge on any atom is -0.462 e. The van der Waals surface area contributed by atoms with E-state index in [1.165, 1.54) is 0 Å². The summed E-state index contributed by atoms with van der Waals surface area (Å²) < 4.78 is 5.00. The van der Waals surface area contributed by atoms with Crippen LogP contribution in [0.1, 0.15) is 27.6 Å². The highest BCUT2D eigenvalue weighted by atomic mass is 16.5. The van der Waals surface area contributed by atoms with Gasteiger partial charge in [0.1, 0.15) is 0 Å². The second-order valence-corrected chi connectivity index (χ2v) is 5.16. The van der Waals surface area contributed by atoms with Crippen LogP contribution in [0.4, 0.5) is 11.4 Å². The molecule has 0 aliphatic heterocycles. The van der Waals surface area contributed by atoms with Gasteiger partial charge in [-0.2, -0.15) is 0 Å². The molecule has 0 radical (unpaired) electrons. The fourth-order valence-electron chi connectivity index (χ4n) is 2.08. The molecular formula is C18H20N2O3. The molecule has 0 fully saturated rings. The molecule has 0 spiro atoms. The van der Waals surface area contributed by atoms with Crippen molar-refractivity contribution in [2.24, 2.45) is 0 Å². The Bertz CT molecular complexity index is 694. The van der Waals surface area contributed by atoms with Crippen molar-refractivity contribution >= 4 is 23.3 Å². The summed E-state index contributed by atoms with van der Waals surface area (Å²) in [5.74, 6) is -0.724. The molecule has 2 aromatic carbocycles. The standard InChI is InChI=1S/C18H20N2O3/c1-4-23-18(22)15-7-5-6-8-16(15)19-17(21)13-9-11-14(12-10-13)20(2)3/h5-12H,4H2,1-3H3,(H,19,21). The largest absolute Gasteiger partial charge is 0.462 e. The van der Waals surface area contributed by atoms with Gasteiger partial charge in [-0.3, -0.25) is 4.79 Å². The Hall–Kier alpha value is -2.82. The number of ether oxygens (including phenoxy) is 1. The number of carbonyl (C=O) groups excluding carboxylic acids is 2. The fourth-order valence-corrected chi connectivity index (χ4v) is 2.08. The lowest BCUT2D eigenvalue weighted by molar-refractivity contribution is 0.0527. The van der Waals surface area contributed by atoms with E-state index in [0.717, 1.165) is 5.69 Å². The van der Waals surface area contributed by atoms with Gasteiger partial charge in [0, 0.05) is 25.3 Å². The van der Waals surface area contributed by atoms with Crippen molar-refractivity contribution in [2.45, 2.75) is 6.92 Å². The highest BCUT2D eigenvalue weighted by Crippen LogP contribution is 2.18. The predicted octanol–water partition coefficient (Wildman–Crippen LogP) is 3.18. The molecule has 0 heterocycles. The zero-order valence-corrected chi connectivity index (χ0v) is 13.5. The number of rotatable bonds is 5. The summed E-state index contributed by atoms with van der Waals surface area (Å²) in [5, 5.41) is 2.76. The number of nitrogens with zero attached hydrogens (tertiary/aromatic N) is 1. The maximum Gasteiger partial charge on any atom is 0.340 e. The van der Waals surface area contributed by atoms with Gasteiger partial charge in [-0.15, -0.1) is 0 Å². The van der Waals surface area contributed by atoms with Gasteiger partial charge in [-0.25, -0.2) is 4.79 Å². The summed E-state index contributed by atoms with van der Waals surface area (Å²) in [6, 6.07) is 14.0. The monoisotopic (exact) mass is 312 g/mol. The van der Waals surface area contributed by atoms with Gasteiger partial charge in [0.15, 0.2) is 0 Å². The van der Waals surface area contributed by atoms with Crippen LogP contribution in [0.5, 0.6) is 0 Å². The number of carbonyl (C=O) groups is 2. The number of esters is 1. The molecule has 0 aliphatic carbocycles. The van der Waals surface area contributed by atoms with E-state index in [0.29, 0.717) is 16.8 Å². The molecule has 23 heavy (non-hydrogen) atoms. The van der Waals surface area contributed by atoms with Crippen molar-refractivity contribution in [3.63, 3.8) is 0 Å². The Labute approximate surface area is 135 Å². The zero-order valence-electron chi connectivity index (χ0n) is 13.5. The number of anilines is 2. The quantitative estimate of drug-likeness (QED) is 0.862. The Morgan fingerprint density at radius 1 is 1.04 bits per heavy atom. The molecule has 0 saturated carbocycles. The van der Waals surface area contributed by atoms with E-state index >= 15 is 0 Å². The van der Waals surface area contributed by atoms with Gasteiger partial charge in [-0.05, 0) is 43.3 Å². The topological polar surface area (TPSA) is 58.6 Å². The van der Waals surface area contributed by atoms with Gasteiger partial charge < -0.3 is 15.0 Å². The first-order chi connectivity index (χ1) is 11.0. The van der Waals surface area contributed by atoms with Gasteiger partial charge in [0.05, 0.1) is 17.9 Å². The molecular weight excluding hydrogens is 292 g/mol. The Morgan fingerprint density at radius 2 is 1.70 bits per heavy atom. The van der Waals surface area contributed by atoms with Crippen molar-refractivity contribution in [3.8, 4) is 0 Å². The number of benzene rings is 2. The van der Waals surface area contributed by atoms with Crippen molar-refractivity contribution in [1.82, 2.24) is 0 Å². The minimum absolute atomic E-state index is 0.271. The summed E-state index contributed by atoms with van der Waals surface area (Å²) >= 11 is 0. The van der Waals surface area contributed by atoms with E-state index in [9.17, 15) is 9.59 Å². The molecule has 5 heteroatoms. The van der Waals surface area contributed by atoms with E-state index in [4.69, 9.17) is 4.74 Å². The van der Waals surface area contributed by atoms with Gasteiger partial charge in [0.2, 0.25) is 0 Å². The maximum absolute atomic E-state index is 12.4. The third-order valence-corrected chi connectivity index (χ3v) is 3.32. The van der Waals surface area contributed by atoms with Crippen molar-refractivity contribution in [1.29, 1.82) is 0 Å². The lowest BCUT2D eigenvalue weighted by Crippen LogP contribution is -2.16. The molecule has 120 valence electrons. The fraction of sp³-hybridized carbons (Fsp3) is 0.222. The van der Waals surface area contributed by atoms with Crippen molar-refractivity contribution in [3.05, 3.63) is 59.7 Å². The van der Waals surface area contributed by atoms with Crippen LogP contribution in [0.2, 0.25) is 0 Å². The van der Waals surface area contributed by atoms with Crippen LogP contribution in [0.3, 0.4) is 0 Å². The van der Waals surface area contributed by atoms with E-state index in [1.807, 2.05) is 31.1 Å². The Morgan fingerprint density at radius 3 is 2.30 bits per heavy atom. The highest BCUT2D eigenvalue weighted by molar-refractivity contribution is 6.08. The van der Waals surface area contributed by atoms with Crippen LogP contribution in [0.25, 0.3) is 0 Å². The average Bonchev–Trinajstić information content (AvgIpc) is 2.55. The summed E-state index contributed by atoms with van der Waals surface area (Å²) in [5.41, 5.74) is 2.31. The minimum atomic E-state index is -0.452. The zero-order chi connectivity index (χ0) is 16.8. The van der Waals surface area contributed by atoms with Crippen LogP contribution in [0.15, 0.2) is 48.5 Å². The molecule has 2 aromatic rings. The summed E-state index contributed by atoms with van der Waals surface area (Å²) in [7, 11) is 3.87. The summed E-state index contributed by atoms with van der Waals surface area (Å²) in [6.07, 6.45) is 0. The third kappa shape index (κ3) is 4.10. The number of para-hydroxylation sites is 1. The van der Waals surface area contributed by atoms with E-state index < -0.39 is 5.97 Å². The molecule has 0 saturated heterocycles. The molecule has 5 nitrogen and oxygen atoms in total. The molecule has 0 unspecified atom stereocenters. The lowest BCUT2D eigenvalue weighted by Gasteiger charge is -2.13. The highest BCUT2D eigenvalue weighted by Gasteiger charge is 2.14. The molecule has 0 aromatic heterocycles. The number of amides is 1. The van der Waals surface area contributed by atoms with Gasteiger partial charge in [-0.1, -0.05) is 12.1 Å². The molecule has 0 bridgehead atoms. The molecule has 2 rings (SSSR count). The molecule has 1 N–H and O–H groups in total. The van der Waals surface area contributed by atoms with Crippen LogP contribution < -0.4 is 10.2 Å². The Kier molecular flexibility index (Phi) is 5.36. The molecule has 0 atom stereocenters. The third-order valence-electron chi connectivity index (χ3n) is 3.32. The molecule has 1 amide bonds. The number of nitrogens with one attached hydrogen (secondary N) is 1. The van der Waals surface area contributed by atoms with E-state index in [-0.39, 0.29) is 12.5 Å². The van der Waals surface area contributed by atoms with E-state index in [1.54, 1.807) is 43.3 Å². The number of hydrogen-bond acceptors (Lipinski definition) is 4. The van der Waals surface area contributed by atoms with Gasteiger partial charge >= 0.3 is 5.97 Å². The average molecular weight is 312 g/mol. The lowest BCUT2D eigenvalue weighted by atomic mass is 10.1. The molecule has 0 aliphatic rings. The summed E-state index contributed by atoms with van der Waals surface area (Å²) in [4.78, 5) is 26.2. The Balaban J connectivity index is 2.18. The van der Waals surface area contributed by atoms with Crippen LogP contribution >= 0.6 is 0 Å². The van der Waals surface area contributed by atoms with Crippen LogP contribution in [0, 0.1) is 0 Å². The maximum atomic E-state index is 12.4. The predicted molar refractivity (Wildman–Crippen MR) is 91.1 cm³/mol. The van der Waals surface area contributed by atoms with Crippen LogP contribution in [-0.4, -0.2) is 32.6 Å². The van der Waals surface area contributed by atoms with Gasteiger partial charge in [0.25, 0.3) is 5.91 Å². The normalized spacial score (nSPS) is 10.0. The first-order valence-electron chi connectivity index (χ1n) is 7.37. The summed E-state index contributed by atoms with van der Waals surface area (Å²) in [6.45, 7) is 2.03. The first-order valence-corrected chi connectivity index (χ1v) is 7.37. The van der Waals surface area contributed by atoms with E-state index in [2.05, 4.69) is 5.32 Å². The SMILES string of the molecule is CCOC(=O)c1ccccc1NC(=O)c1ccc(N(C)C)cc1.